The van der Waals surface area contributed by atoms with Crippen LogP contribution in [0.15, 0.2) is 30.4 Å². The van der Waals surface area contributed by atoms with E-state index >= 15 is 0 Å². The number of methoxy groups -OCH3 is 1. The molecule has 1 amide bonds. The summed E-state index contributed by atoms with van der Waals surface area (Å²) in [6, 6.07) is 5.84. The van der Waals surface area contributed by atoms with Crippen LogP contribution >= 0.6 is 0 Å². The summed E-state index contributed by atoms with van der Waals surface area (Å²) in [4.78, 5) is 13.0. The third-order valence-corrected chi connectivity index (χ3v) is 5.93. The van der Waals surface area contributed by atoms with Crippen LogP contribution in [0.5, 0.6) is 5.75 Å². The minimum Gasteiger partial charge on any atom is -0.495 e. The molecule has 118 valence electrons. The first kappa shape index (κ1) is 15.1. The number of carbonyl (C=O) groups is 1. The Bertz CT molecular complexity index is 647. The van der Waals surface area contributed by atoms with Crippen LogP contribution in [0.4, 0.5) is 5.69 Å². The lowest BCUT2D eigenvalue weighted by Gasteiger charge is -2.37. The van der Waals surface area contributed by atoms with Crippen molar-refractivity contribution in [2.75, 3.05) is 12.4 Å². The predicted octanol–water partition coefficient (Wildman–Crippen LogP) is 4.32. The Kier molecular flexibility index (Phi) is 3.35. The monoisotopic (exact) mass is 299 g/mol. The van der Waals surface area contributed by atoms with Crippen LogP contribution in [-0.2, 0) is 4.79 Å². The number of nitrogens with one attached hydrogen (secondary N) is 1. The Morgan fingerprint density at radius 2 is 2.14 bits per heavy atom. The molecule has 0 unspecified atom stereocenters. The molecule has 1 N–H and O–H groups in total. The molecule has 3 nitrogen and oxygen atoms in total. The summed E-state index contributed by atoms with van der Waals surface area (Å²) in [6.45, 7) is 10.8. The molecule has 3 rings (SSSR count). The molecule has 0 spiro atoms. The molecular formula is C19H25NO2. The van der Waals surface area contributed by atoms with Gasteiger partial charge >= 0.3 is 0 Å². The number of ether oxygens (including phenoxy) is 1. The van der Waals surface area contributed by atoms with Crippen LogP contribution in [0, 0.1) is 23.7 Å². The minimum atomic E-state index is -0.400. The van der Waals surface area contributed by atoms with Gasteiger partial charge in [-0.2, -0.15) is 0 Å². The topological polar surface area (TPSA) is 38.3 Å². The molecular weight excluding hydrogens is 274 g/mol. The number of carbonyl (C=O) groups excluding carboxylic acids is 1. The van der Waals surface area contributed by atoms with Gasteiger partial charge in [0.05, 0.1) is 18.2 Å². The molecule has 2 bridgehead atoms. The van der Waals surface area contributed by atoms with Crippen LogP contribution in [-0.4, -0.2) is 13.0 Å². The Morgan fingerprint density at radius 1 is 1.41 bits per heavy atom. The third kappa shape index (κ3) is 1.98. The molecule has 0 saturated heterocycles. The molecule has 22 heavy (non-hydrogen) atoms. The fraction of sp³-hybridized carbons (Fsp3) is 0.526. The van der Waals surface area contributed by atoms with Crippen molar-refractivity contribution in [1.29, 1.82) is 0 Å². The summed E-state index contributed by atoms with van der Waals surface area (Å²) in [5.74, 6) is 1.35. The highest BCUT2D eigenvalue weighted by molar-refractivity contribution is 5.99. The van der Waals surface area contributed by atoms with Crippen molar-refractivity contribution in [2.24, 2.45) is 16.7 Å². The Labute approximate surface area is 132 Å². The van der Waals surface area contributed by atoms with E-state index in [0.717, 1.165) is 36.1 Å². The fourth-order valence-electron chi connectivity index (χ4n) is 4.30. The molecule has 0 radical (unpaired) electrons. The molecule has 2 saturated carbocycles. The van der Waals surface area contributed by atoms with E-state index in [0.29, 0.717) is 11.7 Å². The summed E-state index contributed by atoms with van der Waals surface area (Å²) < 4.78 is 5.37. The second kappa shape index (κ2) is 4.87. The maximum Gasteiger partial charge on any atom is 0.234 e. The lowest BCUT2D eigenvalue weighted by molar-refractivity contribution is -0.123. The van der Waals surface area contributed by atoms with Crippen LogP contribution in [0.3, 0.4) is 0 Å². The number of amides is 1. The van der Waals surface area contributed by atoms with Gasteiger partial charge in [-0.05, 0) is 55.2 Å². The zero-order valence-corrected chi connectivity index (χ0v) is 14.0. The molecule has 2 atom stereocenters. The van der Waals surface area contributed by atoms with Crippen molar-refractivity contribution in [1.82, 2.24) is 0 Å². The summed E-state index contributed by atoms with van der Waals surface area (Å²) in [7, 11) is 1.63. The number of fused-ring (bicyclic) bond motifs is 2. The predicted molar refractivity (Wildman–Crippen MR) is 89.1 cm³/mol. The van der Waals surface area contributed by atoms with Crippen molar-refractivity contribution in [3.05, 3.63) is 35.9 Å². The second-order valence-electron chi connectivity index (χ2n) is 7.38. The largest absolute Gasteiger partial charge is 0.495 e. The maximum absolute atomic E-state index is 13.0. The molecule has 0 aliphatic heterocycles. The van der Waals surface area contributed by atoms with E-state index < -0.39 is 5.41 Å². The number of rotatable bonds is 3. The van der Waals surface area contributed by atoms with Crippen LogP contribution in [0.1, 0.15) is 38.7 Å². The van der Waals surface area contributed by atoms with Crippen molar-refractivity contribution in [3.63, 3.8) is 0 Å². The maximum atomic E-state index is 13.0. The minimum absolute atomic E-state index is 0.0618. The normalized spacial score (nSPS) is 28.7. The van der Waals surface area contributed by atoms with Gasteiger partial charge < -0.3 is 10.1 Å². The van der Waals surface area contributed by atoms with Crippen LogP contribution < -0.4 is 10.1 Å². The molecule has 0 aromatic heterocycles. The quantitative estimate of drug-likeness (QED) is 0.844. The third-order valence-electron chi connectivity index (χ3n) is 5.93. The number of anilines is 1. The highest BCUT2D eigenvalue weighted by Crippen LogP contribution is 2.65. The second-order valence-corrected chi connectivity index (χ2v) is 7.38. The van der Waals surface area contributed by atoms with E-state index in [-0.39, 0.29) is 11.3 Å². The fourth-order valence-corrected chi connectivity index (χ4v) is 4.30. The van der Waals surface area contributed by atoms with Crippen molar-refractivity contribution >= 4 is 11.6 Å². The number of aryl methyl sites for hydroxylation is 1. The van der Waals surface area contributed by atoms with Gasteiger partial charge in [-0.15, -0.1) is 0 Å². The Hall–Kier alpha value is -1.77. The van der Waals surface area contributed by atoms with E-state index in [2.05, 4.69) is 25.7 Å². The van der Waals surface area contributed by atoms with Gasteiger partial charge in [0.25, 0.3) is 0 Å². The zero-order chi connectivity index (χ0) is 16.1. The molecule has 1 aromatic carbocycles. The first-order chi connectivity index (χ1) is 10.3. The molecule has 2 fully saturated rings. The first-order valence-corrected chi connectivity index (χ1v) is 7.97. The molecule has 2 aliphatic rings. The molecule has 2 aliphatic carbocycles. The SMILES string of the molecule is C=C1C(C)(C)[C@H]2CC[C@@]1(C(=O)Nc1cc(C)ccc1OC)C2. The first-order valence-electron chi connectivity index (χ1n) is 7.97. The number of hydrogen-bond acceptors (Lipinski definition) is 2. The van der Waals surface area contributed by atoms with Crippen molar-refractivity contribution < 1.29 is 9.53 Å². The van der Waals surface area contributed by atoms with E-state index in [1.807, 2.05) is 25.1 Å². The van der Waals surface area contributed by atoms with Gasteiger partial charge in [-0.1, -0.05) is 32.1 Å². The van der Waals surface area contributed by atoms with E-state index in [1.165, 1.54) is 0 Å². The average Bonchev–Trinajstić information content (AvgIpc) is 2.99. The number of benzene rings is 1. The lowest BCUT2D eigenvalue weighted by atomic mass is 9.68. The van der Waals surface area contributed by atoms with Gasteiger partial charge in [0.2, 0.25) is 5.91 Å². The summed E-state index contributed by atoms with van der Waals surface area (Å²) in [5.41, 5.74) is 2.61. The zero-order valence-electron chi connectivity index (χ0n) is 14.0. The van der Waals surface area contributed by atoms with Crippen LogP contribution in [0.25, 0.3) is 0 Å². The van der Waals surface area contributed by atoms with Crippen LogP contribution in [0.2, 0.25) is 0 Å². The molecule has 1 aromatic rings. The molecule has 0 heterocycles. The highest BCUT2D eigenvalue weighted by Gasteiger charge is 2.60. The lowest BCUT2D eigenvalue weighted by Crippen LogP contribution is -2.37. The van der Waals surface area contributed by atoms with E-state index in [4.69, 9.17) is 4.74 Å². The standard InChI is InChI=1S/C19H25NO2/c1-12-6-7-16(22-5)15(10-12)20-17(21)19-9-8-14(11-19)18(3,4)13(19)2/h6-7,10,14H,2,8-9,11H2,1,3-5H3,(H,20,21)/t14-,19+/m0/s1. The van der Waals surface area contributed by atoms with Crippen molar-refractivity contribution in [2.45, 2.75) is 40.0 Å². The summed E-state index contributed by atoms with van der Waals surface area (Å²) >= 11 is 0. The highest BCUT2D eigenvalue weighted by atomic mass is 16.5. The van der Waals surface area contributed by atoms with Gasteiger partial charge in [0.1, 0.15) is 5.75 Å². The summed E-state index contributed by atoms with van der Waals surface area (Å²) in [6.07, 6.45) is 2.96. The van der Waals surface area contributed by atoms with Gasteiger partial charge in [0, 0.05) is 0 Å². The Morgan fingerprint density at radius 3 is 2.73 bits per heavy atom. The smallest absolute Gasteiger partial charge is 0.234 e. The Balaban J connectivity index is 1.90. The number of hydrogen-bond donors (Lipinski definition) is 1. The van der Waals surface area contributed by atoms with Gasteiger partial charge in [-0.3, -0.25) is 4.79 Å². The van der Waals surface area contributed by atoms with Gasteiger partial charge in [-0.25, -0.2) is 0 Å². The van der Waals surface area contributed by atoms with E-state index in [9.17, 15) is 4.79 Å². The van der Waals surface area contributed by atoms with Crippen molar-refractivity contribution in [3.8, 4) is 5.75 Å². The summed E-state index contributed by atoms with van der Waals surface area (Å²) in [5, 5.41) is 3.11. The average molecular weight is 299 g/mol. The van der Waals surface area contributed by atoms with E-state index in [1.54, 1.807) is 7.11 Å². The van der Waals surface area contributed by atoms with Gasteiger partial charge in [0.15, 0.2) is 0 Å². The molecule has 3 heteroatoms.